The van der Waals surface area contributed by atoms with Crippen LogP contribution in [0.5, 0.6) is 0 Å². The summed E-state index contributed by atoms with van der Waals surface area (Å²) in [5, 5.41) is 2.98. The van der Waals surface area contributed by atoms with Crippen LogP contribution in [0.3, 0.4) is 0 Å². The van der Waals surface area contributed by atoms with Gasteiger partial charge in [0.1, 0.15) is 0 Å². The molecule has 106 valence electrons. The number of methoxy groups -OCH3 is 1. The quantitative estimate of drug-likeness (QED) is 0.365. The van der Waals surface area contributed by atoms with Crippen molar-refractivity contribution in [2.45, 2.75) is 20.3 Å². The van der Waals surface area contributed by atoms with Crippen molar-refractivity contribution < 1.29 is 9.53 Å². The van der Waals surface area contributed by atoms with Crippen molar-refractivity contribution in [2.75, 3.05) is 19.0 Å². The Hall–Kier alpha value is -1.31. The molecule has 0 aliphatic carbocycles. The topological polar surface area (TPSA) is 76.7 Å². The number of guanidine groups is 1. The number of benzene rings is 1. The molecule has 1 aromatic carbocycles. The monoisotopic (exact) mass is 377 g/mol. The Morgan fingerprint density at radius 3 is 2.63 bits per heavy atom. The molecule has 0 saturated heterocycles. The molecular weight excluding hydrogens is 357 g/mol. The van der Waals surface area contributed by atoms with Crippen molar-refractivity contribution in [1.29, 1.82) is 0 Å². The van der Waals surface area contributed by atoms with Crippen LogP contribution in [-0.4, -0.2) is 25.6 Å². The minimum Gasteiger partial charge on any atom is -0.469 e. The van der Waals surface area contributed by atoms with Gasteiger partial charge in [-0.3, -0.25) is 9.79 Å². The van der Waals surface area contributed by atoms with Gasteiger partial charge >= 0.3 is 5.97 Å². The smallest absolute Gasteiger partial charge is 0.307 e. The summed E-state index contributed by atoms with van der Waals surface area (Å²) in [5.74, 6) is -0.000105. The maximum atomic E-state index is 10.9. The Morgan fingerprint density at radius 1 is 1.37 bits per heavy atom. The Labute approximate surface area is 130 Å². The number of nitrogens with one attached hydrogen (secondary N) is 1. The minimum atomic E-state index is -0.294. The molecule has 0 aromatic heterocycles. The van der Waals surface area contributed by atoms with E-state index < -0.39 is 0 Å². The average molecular weight is 377 g/mol. The first-order chi connectivity index (χ1) is 8.52. The fourth-order valence-electron chi connectivity index (χ4n) is 1.38. The van der Waals surface area contributed by atoms with E-state index in [1.54, 1.807) is 0 Å². The molecule has 0 aliphatic heterocycles. The molecule has 1 rings (SSSR count). The second-order valence-electron chi connectivity index (χ2n) is 4.02. The first kappa shape index (κ1) is 17.7. The molecule has 0 radical (unpaired) electrons. The molecule has 5 nitrogen and oxygen atoms in total. The van der Waals surface area contributed by atoms with E-state index in [1.807, 2.05) is 32.0 Å². The largest absolute Gasteiger partial charge is 0.469 e. The van der Waals surface area contributed by atoms with E-state index in [-0.39, 0.29) is 36.4 Å². The van der Waals surface area contributed by atoms with Gasteiger partial charge in [0.05, 0.1) is 20.1 Å². The van der Waals surface area contributed by atoms with Crippen LogP contribution in [-0.2, 0) is 9.53 Å². The van der Waals surface area contributed by atoms with Crippen LogP contribution >= 0.6 is 24.0 Å². The number of aryl methyl sites for hydroxylation is 2. The number of nitrogens with two attached hydrogens (primary N) is 1. The fourth-order valence-corrected chi connectivity index (χ4v) is 1.38. The van der Waals surface area contributed by atoms with Crippen LogP contribution in [0.15, 0.2) is 23.2 Å². The average Bonchev–Trinajstić information content (AvgIpc) is 2.33. The van der Waals surface area contributed by atoms with Crippen molar-refractivity contribution in [1.82, 2.24) is 0 Å². The number of hydrogen-bond donors (Lipinski definition) is 2. The highest BCUT2D eigenvalue weighted by molar-refractivity contribution is 14.0. The van der Waals surface area contributed by atoms with E-state index in [9.17, 15) is 4.79 Å². The summed E-state index contributed by atoms with van der Waals surface area (Å²) in [6, 6.07) is 5.95. The first-order valence-corrected chi connectivity index (χ1v) is 5.74. The third kappa shape index (κ3) is 6.42. The van der Waals surface area contributed by atoms with Crippen LogP contribution in [0.2, 0.25) is 0 Å². The van der Waals surface area contributed by atoms with Gasteiger partial charge in [-0.15, -0.1) is 24.0 Å². The third-order valence-electron chi connectivity index (χ3n) is 2.61. The lowest BCUT2D eigenvalue weighted by Crippen LogP contribution is -2.23. The Bertz CT molecular complexity index is 461. The summed E-state index contributed by atoms with van der Waals surface area (Å²) in [6.45, 7) is 4.40. The van der Waals surface area contributed by atoms with Crippen LogP contribution in [0.4, 0.5) is 5.69 Å². The number of ether oxygens (including phenoxy) is 1. The lowest BCUT2D eigenvalue weighted by Gasteiger charge is -2.07. The summed E-state index contributed by atoms with van der Waals surface area (Å²) in [5.41, 5.74) is 9.00. The summed E-state index contributed by atoms with van der Waals surface area (Å²) in [6.07, 6.45) is 0.228. The Kier molecular flexibility index (Phi) is 8.13. The second-order valence-corrected chi connectivity index (χ2v) is 4.02. The maximum absolute atomic E-state index is 10.9. The van der Waals surface area contributed by atoms with Crippen LogP contribution in [0.1, 0.15) is 17.5 Å². The molecular formula is C13H20IN3O2. The number of esters is 1. The molecule has 0 amide bonds. The molecule has 0 bridgehead atoms. The summed E-state index contributed by atoms with van der Waals surface area (Å²) in [7, 11) is 1.35. The highest BCUT2D eigenvalue weighted by Gasteiger charge is 2.00. The number of hydrogen-bond acceptors (Lipinski definition) is 3. The lowest BCUT2D eigenvalue weighted by atomic mass is 10.1. The first-order valence-electron chi connectivity index (χ1n) is 5.74. The van der Waals surface area contributed by atoms with E-state index in [0.717, 1.165) is 5.69 Å². The van der Waals surface area contributed by atoms with Crippen molar-refractivity contribution in [2.24, 2.45) is 10.7 Å². The van der Waals surface area contributed by atoms with Gasteiger partial charge in [0.15, 0.2) is 5.96 Å². The molecule has 0 aliphatic rings. The number of nitrogens with zero attached hydrogens (tertiary/aromatic N) is 1. The van der Waals surface area contributed by atoms with E-state index in [0.29, 0.717) is 12.5 Å². The Morgan fingerprint density at radius 2 is 2.05 bits per heavy atom. The number of halogens is 1. The molecule has 0 atom stereocenters. The predicted molar refractivity (Wildman–Crippen MR) is 88.1 cm³/mol. The van der Waals surface area contributed by atoms with Gasteiger partial charge in [-0.05, 0) is 37.1 Å². The fraction of sp³-hybridized carbons (Fsp3) is 0.385. The molecule has 0 unspecified atom stereocenters. The maximum Gasteiger partial charge on any atom is 0.307 e. The van der Waals surface area contributed by atoms with Crippen molar-refractivity contribution in [3.05, 3.63) is 29.3 Å². The van der Waals surface area contributed by atoms with Gasteiger partial charge in [0.2, 0.25) is 0 Å². The van der Waals surface area contributed by atoms with Gasteiger partial charge in [-0.1, -0.05) is 6.07 Å². The van der Waals surface area contributed by atoms with Gasteiger partial charge in [0, 0.05) is 5.69 Å². The normalized spacial score (nSPS) is 10.6. The van der Waals surface area contributed by atoms with Gasteiger partial charge in [0.25, 0.3) is 0 Å². The van der Waals surface area contributed by atoms with Gasteiger partial charge in [-0.25, -0.2) is 0 Å². The van der Waals surface area contributed by atoms with E-state index in [1.165, 1.54) is 18.2 Å². The molecule has 0 spiro atoms. The molecule has 0 fully saturated rings. The second kappa shape index (κ2) is 8.73. The van der Waals surface area contributed by atoms with E-state index in [2.05, 4.69) is 15.0 Å². The SMILES string of the molecule is COC(=O)CCN=C(N)Nc1ccc(C)c(C)c1.I. The third-order valence-corrected chi connectivity index (χ3v) is 2.61. The van der Waals surface area contributed by atoms with Crippen molar-refractivity contribution in [3.63, 3.8) is 0 Å². The molecule has 19 heavy (non-hydrogen) atoms. The predicted octanol–water partition coefficient (Wildman–Crippen LogP) is 2.21. The van der Waals surface area contributed by atoms with E-state index >= 15 is 0 Å². The zero-order chi connectivity index (χ0) is 13.5. The molecule has 1 aromatic rings. The zero-order valence-corrected chi connectivity index (χ0v) is 13.7. The number of anilines is 1. The van der Waals surface area contributed by atoms with Crippen LogP contribution in [0, 0.1) is 13.8 Å². The van der Waals surface area contributed by atoms with Crippen LogP contribution < -0.4 is 11.1 Å². The Balaban J connectivity index is 0.00000324. The van der Waals surface area contributed by atoms with Crippen molar-refractivity contribution in [3.8, 4) is 0 Å². The lowest BCUT2D eigenvalue weighted by molar-refractivity contribution is -0.140. The van der Waals surface area contributed by atoms with Crippen molar-refractivity contribution >= 4 is 41.6 Å². The summed E-state index contributed by atoms with van der Waals surface area (Å²) < 4.78 is 4.51. The number of aliphatic imine (C=N–C) groups is 1. The summed E-state index contributed by atoms with van der Waals surface area (Å²) in [4.78, 5) is 14.9. The molecule has 6 heteroatoms. The highest BCUT2D eigenvalue weighted by atomic mass is 127. The standard InChI is InChI=1S/C13H19N3O2.HI/c1-9-4-5-11(8-10(9)2)16-13(14)15-7-6-12(17)18-3;/h4-5,8H,6-7H2,1-3H3,(H3,14,15,16);1H. The van der Waals surface area contributed by atoms with Gasteiger partial charge in [-0.2, -0.15) is 0 Å². The highest BCUT2D eigenvalue weighted by Crippen LogP contribution is 2.13. The molecule has 0 heterocycles. The molecule has 3 N–H and O–H groups in total. The molecule has 0 saturated carbocycles. The van der Waals surface area contributed by atoms with Crippen LogP contribution in [0.25, 0.3) is 0 Å². The zero-order valence-electron chi connectivity index (χ0n) is 11.4. The van der Waals surface area contributed by atoms with E-state index in [4.69, 9.17) is 5.73 Å². The minimum absolute atomic E-state index is 0. The van der Waals surface area contributed by atoms with Gasteiger partial charge < -0.3 is 15.8 Å². The number of carbonyl (C=O) groups is 1. The number of rotatable bonds is 4. The number of carbonyl (C=O) groups excluding carboxylic acids is 1. The summed E-state index contributed by atoms with van der Waals surface area (Å²) >= 11 is 0.